The van der Waals surface area contributed by atoms with Gasteiger partial charge < -0.3 is 24.1 Å². The zero-order chi connectivity index (χ0) is 19.1. The topological polar surface area (TPSA) is 49.0 Å². The lowest BCUT2D eigenvalue weighted by Crippen LogP contribution is -2.41. The summed E-state index contributed by atoms with van der Waals surface area (Å²) in [6.07, 6.45) is 2.16. The van der Waals surface area contributed by atoms with Crippen molar-refractivity contribution in [3.05, 3.63) is 29.3 Å². The van der Waals surface area contributed by atoms with Crippen LogP contribution in [0.3, 0.4) is 0 Å². The molecule has 0 radical (unpaired) electrons. The van der Waals surface area contributed by atoms with Crippen molar-refractivity contribution in [2.45, 2.75) is 63.7 Å². The molecule has 0 aliphatic carbocycles. The highest BCUT2D eigenvalue weighted by molar-refractivity contribution is 6.62. The summed E-state index contributed by atoms with van der Waals surface area (Å²) in [6.45, 7) is 12.5. The maximum absolute atomic E-state index is 6.28. The van der Waals surface area contributed by atoms with Gasteiger partial charge in [-0.3, -0.25) is 0 Å². The third-order valence-electron chi connectivity index (χ3n) is 6.59. The zero-order valence-corrected chi connectivity index (χ0v) is 17.0. The number of benzene rings is 1. The van der Waals surface area contributed by atoms with Crippen LogP contribution in [0.5, 0.6) is 0 Å². The molecule has 3 aliphatic rings. The fraction of sp³-hybridized carbons (Fsp3) is 0.714. The van der Waals surface area contributed by atoms with Gasteiger partial charge in [0.15, 0.2) is 0 Å². The second-order valence-electron chi connectivity index (χ2n) is 8.94. The summed E-state index contributed by atoms with van der Waals surface area (Å²) in [5, 5.41) is 3.63. The number of nitrogens with one attached hydrogen (secondary N) is 1. The average molecular weight is 373 g/mol. The molecule has 0 bridgehead atoms. The number of rotatable bonds is 3. The van der Waals surface area contributed by atoms with Crippen LogP contribution in [0.1, 0.15) is 63.6 Å². The first-order valence-electron chi connectivity index (χ1n) is 10.3. The summed E-state index contributed by atoms with van der Waals surface area (Å²) in [5.41, 5.74) is 3.18. The Labute approximate surface area is 163 Å². The second kappa shape index (κ2) is 7.49. The molecule has 3 heterocycles. The van der Waals surface area contributed by atoms with Crippen molar-refractivity contribution in [1.29, 1.82) is 0 Å². The number of morpholine rings is 1. The summed E-state index contributed by atoms with van der Waals surface area (Å²) in [6, 6.07) is 6.96. The Balaban J connectivity index is 1.66. The van der Waals surface area contributed by atoms with Crippen molar-refractivity contribution in [1.82, 2.24) is 5.32 Å². The van der Waals surface area contributed by atoms with Crippen LogP contribution in [0.2, 0.25) is 0 Å². The van der Waals surface area contributed by atoms with E-state index in [0.717, 1.165) is 44.7 Å². The molecule has 0 unspecified atom stereocenters. The van der Waals surface area contributed by atoms with E-state index in [-0.39, 0.29) is 24.4 Å². The smallest absolute Gasteiger partial charge is 0.399 e. The molecule has 1 N–H and O–H groups in total. The van der Waals surface area contributed by atoms with Crippen LogP contribution in [0.25, 0.3) is 0 Å². The first-order valence-corrected chi connectivity index (χ1v) is 10.3. The van der Waals surface area contributed by atoms with Crippen molar-refractivity contribution in [3.63, 3.8) is 0 Å². The molecule has 0 aromatic heterocycles. The number of ether oxygens (including phenoxy) is 2. The Hall–Kier alpha value is -0.915. The molecule has 5 nitrogen and oxygen atoms in total. The van der Waals surface area contributed by atoms with Crippen LogP contribution >= 0.6 is 0 Å². The molecule has 0 spiro atoms. The minimum Gasteiger partial charge on any atom is -0.399 e. The van der Waals surface area contributed by atoms with Crippen LogP contribution in [-0.2, 0) is 18.8 Å². The predicted octanol–water partition coefficient (Wildman–Crippen LogP) is 2.54. The molecule has 1 aromatic rings. The average Bonchev–Trinajstić information content (AvgIpc) is 2.90. The minimum absolute atomic E-state index is 0.221. The van der Waals surface area contributed by atoms with Crippen LogP contribution < -0.4 is 10.8 Å². The lowest BCUT2D eigenvalue weighted by Gasteiger charge is -2.32. The highest BCUT2D eigenvalue weighted by atomic mass is 16.7. The maximum Gasteiger partial charge on any atom is 0.494 e. The van der Waals surface area contributed by atoms with Gasteiger partial charge in [-0.2, -0.15) is 0 Å². The Bertz CT molecular complexity index is 650. The second-order valence-corrected chi connectivity index (χ2v) is 8.94. The molecule has 148 valence electrons. The monoisotopic (exact) mass is 373 g/mol. The largest absolute Gasteiger partial charge is 0.494 e. The highest BCUT2D eigenvalue weighted by Gasteiger charge is 2.51. The molecule has 3 aliphatic heterocycles. The van der Waals surface area contributed by atoms with Gasteiger partial charge in [-0.15, -0.1) is 0 Å². The quantitative estimate of drug-likeness (QED) is 0.826. The molecule has 3 fully saturated rings. The number of hydrogen-bond acceptors (Lipinski definition) is 5. The normalized spacial score (nSPS) is 28.4. The molecule has 6 heteroatoms. The molecule has 1 atom stereocenters. The van der Waals surface area contributed by atoms with Gasteiger partial charge in [0.25, 0.3) is 0 Å². The van der Waals surface area contributed by atoms with E-state index in [2.05, 4.69) is 51.2 Å². The van der Waals surface area contributed by atoms with Gasteiger partial charge >= 0.3 is 7.12 Å². The van der Waals surface area contributed by atoms with E-state index in [1.807, 2.05) is 0 Å². The van der Waals surface area contributed by atoms with Crippen LogP contribution in [0.15, 0.2) is 18.2 Å². The predicted molar refractivity (Wildman–Crippen MR) is 107 cm³/mol. The Kier molecular flexibility index (Phi) is 5.38. The van der Waals surface area contributed by atoms with E-state index in [1.54, 1.807) is 0 Å². The fourth-order valence-corrected chi connectivity index (χ4v) is 4.17. The van der Waals surface area contributed by atoms with Crippen LogP contribution in [0.4, 0.5) is 0 Å². The standard InChI is InChI=1S/C21H32BNO4/c1-20(2)21(3,4)27-22(26-20)16-5-6-17(15-7-10-24-11-8-15)18(13-16)19-14-25-12-9-23-19/h5-6,13,15,19,23H,7-12,14H2,1-4H3/t19-/m0/s1. The lowest BCUT2D eigenvalue weighted by molar-refractivity contribution is 0.00578. The molecule has 0 amide bonds. The third kappa shape index (κ3) is 3.83. The van der Waals surface area contributed by atoms with Crippen molar-refractivity contribution in [2.24, 2.45) is 0 Å². The van der Waals surface area contributed by atoms with E-state index in [4.69, 9.17) is 18.8 Å². The Morgan fingerprint density at radius 2 is 1.63 bits per heavy atom. The van der Waals surface area contributed by atoms with E-state index >= 15 is 0 Å². The number of hydrogen-bond donors (Lipinski definition) is 1. The fourth-order valence-electron chi connectivity index (χ4n) is 4.17. The van der Waals surface area contributed by atoms with Gasteiger partial charge in [0.05, 0.1) is 30.5 Å². The summed E-state index contributed by atoms with van der Waals surface area (Å²) in [5.74, 6) is 0.546. The zero-order valence-electron chi connectivity index (χ0n) is 17.0. The molecule has 3 saturated heterocycles. The van der Waals surface area contributed by atoms with Crippen molar-refractivity contribution < 1.29 is 18.8 Å². The van der Waals surface area contributed by atoms with Crippen molar-refractivity contribution in [2.75, 3.05) is 33.0 Å². The molecule has 1 aromatic carbocycles. The van der Waals surface area contributed by atoms with Gasteiger partial charge in [0.2, 0.25) is 0 Å². The molecule has 27 heavy (non-hydrogen) atoms. The molecular weight excluding hydrogens is 341 g/mol. The maximum atomic E-state index is 6.28. The first kappa shape index (κ1) is 19.4. The van der Waals surface area contributed by atoms with E-state index in [9.17, 15) is 0 Å². The summed E-state index contributed by atoms with van der Waals surface area (Å²) in [7, 11) is -0.331. The summed E-state index contributed by atoms with van der Waals surface area (Å²) in [4.78, 5) is 0. The van der Waals surface area contributed by atoms with Crippen LogP contribution in [-0.4, -0.2) is 51.3 Å². The lowest BCUT2D eigenvalue weighted by atomic mass is 9.75. The van der Waals surface area contributed by atoms with E-state index in [0.29, 0.717) is 12.5 Å². The minimum atomic E-state index is -0.331. The van der Waals surface area contributed by atoms with E-state index < -0.39 is 0 Å². The molecular formula is C21H32BNO4. The van der Waals surface area contributed by atoms with Gasteiger partial charge in [0, 0.05) is 19.8 Å². The van der Waals surface area contributed by atoms with Crippen molar-refractivity contribution in [3.8, 4) is 0 Å². The van der Waals surface area contributed by atoms with Gasteiger partial charge in [-0.05, 0) is 63.0 Å². The van der Waals surface area contributed by atoms with Crippen molar-refractivity contribution >= 4 is 12.6 Å². The summed E-state index contributed by atoms with van der Waals surface area (Å²) >= 11 is 0. The van der Waals surface area contributed by atoms with E-state index in [1.165, 1.54) is 11.1 Å². The van der Waals surface area contributed by atoms with Gasteiger partial charge in [-0.25, -0.2) is 0 Å². The van der Waals surface area contributed by atoms with Gasteiger partial charge in [0.1, 0.15) is 0 Å². The van der Waals surface area contributed by atoms with Gasteiger partial charge in [-0.1, -0.05) is 18.2 Å². The summed E-state index contributed by atoms with van der Waals surface area (Å²) < 4.78 is 23.9. The van der Waals surface area contributed by atoms with Crippen LogP contribution in [0, 0.1) is 0 Å². The first-order chi connectivity index (χ1) is 12.9. The molecule has 0 saturated carbocycles. The molecule has 4 rings (SSSR count). The SMILES string of the molecule is CC1(C)OB(c2ccc(C3CCOCC3)c([C@@H]3COCCN3)c2)OC1(C)C. The third-order valence-corrected chi connectivity index (χ3v) is 6.59. The highest BCUT2D eigenvalue weighted by Crippen LogP contribution is 2.37. The Morgan fingerprint density at radius 3 is 2.26 bits per heavy atom. The Morgan fingerprint density at radius 1 is 0.926 bits per heavy atom.